The van der Waals surface area contributed by atoms with Crippen molar-refractivity contribution in [1.29, 1.82) is 0 Å². The highest BCUT2D eigenvalue weighted by Gasteiger charge is 2.22. The Morgan fingerprint density at radius 3 is 2.76 bits per heavy atom. The molecule has 1 aliphatic heterocycles. The molecule has 0 amide bonds. The van der Waals surface area contributed by atoms with Crippen LogP contribution in [0.5, 0.6) is 0 Å². The number of nitrogens with one attached hydrogen (secondary N) is 1. The fraction of sp³-hybridized carbons (Fsp3) is 1.00. The summed E-state index contributed by atoms with van der Waals surface area (Å²) in [5.41, 5.74) is 0. The van der Waals surface area contributed by atoms with Crippen LogP contribution in [0.4, 0.5) is 0 Å². The zero-order valence-corrected chi connectivity index (χ0v) is 11.5. The van der Waals surface area contributed by atoms with Crippen molar-refractivity contribution in [1.82, 2.24) is 10.2 Å². The summed E-state index contributed by atoms with van der Waals surface area (Å²) in [5.74, 6) is 0.955. The average molecular weight is 240 g/mol. The van der Waals surface area contributed by atoms with Crippen molar-refractivity contribution in [3.8, 4) is 0 Å². The standard InChI is InChI=1S/C14H28N2O/c1-12-11-17-13(2)10-16(12)8-7-15-9-14-5-3-4-6-14/h12-15H,3-11H2,1-2H3. The van der Waals surface area contributed by atoms with E-state index in [2.05, 4.69) is 24.1 Å². The molecular weight excluding hydrogens is 212 g/mol. The molecule has 3 nitrogen and oxygen atoms in total. The van der Waals surface area contributed by atoms with Crippen molar-refractivity contribution >= 4 is 0 Å². The molecule has 2 unspecified atom stereocenters. The van der Waals surface area contributed by atoms with Gasteiger partial charge in [-0.05, 0) is 39.2 Å². The van der Waals surface area contributed by atoms with Gasteiger partial charge < -0.3 is 10.1 Å². The van der Waals surface area contributed by atoms with E-state index in [0.717, 1.165) is 25.6 Å². The smallest absolute Gasteiger partial charge is 0.0674 e. The maximum atomic E-state index is 5.65. The van der Waals surface area contributed by atoms with Gasteiger partial charge in [0, 0.05) is 25.7 Å². The summed E-state index contributed by atoms with van der Waals surface area (Å²) in [5, 5.41) is 3.63. The number of hydrogen-bond donors (Lipinski definition) is 1. The first kappa shape index (κ1) is 13.3. The maximum Gasteiger partial charge on any atom is 0.0674 e. The molecule has 0 radical (unpaired) electrons. The van der Waals surface area contributed by atoms with Crippen molar-refractivity contribution in [2.45, 2.75) is 51.7 Å². The summed E-state index contributed by atoms with van der Waals surface area (Å²) in [6.07, 6.45) is 6.19. The van der Waals surface area contributed by atoms with Gasteiger partial charge in [-0.3, -0.25) is 4.90 Å². The molecule has 0 spiro atoms. The predicted octanol–water partition coefficient (Wildman–Crippen LogP) is 1.88. The molecule has 2 rings (SSSR count). The topological polar surface area (TPSA) is 24.5 Å². The lowest BCUT2D eigenvalue weighted by atomic mass is 10.1. The van der Waals surface area contributed by atoms with Crippen LogP contribution in [-0.4, -0.2) is 49.8 Å². The second-order valence-electron chi connectivity index (χ2n) is 5.84. The Kier molecular flexibility index (Phi) is 5.26. The van der Waals surface area contributed by atoms with Crippen molar-refractivity contribution in [2.24, 2.45) is 5.92 Å². The Hall–Kier alpha value is -0.120. The lowest BCUT2D eigenvalue weighted by Gasteiger charge is -2.36. The number of morpholine rings is 1. The lowest BCUT2D eigenvalue weighted by molar-refractivity contribution is -0.0486. The maximum absolute atomic E-state index is 5.65. The van der Waals surface area contributed by atoms with Gasteiger partial charge in [0.05, 0.1) is 12.7 Å². The van der Waals surface area contributed by atoms with Crippen molar-refractivity contribution in [3.63, 3.8) is 0 Å². The Balaban J connectivity index is 1.57. The van der Waals surface area contributed by atoms with E-state index in [9.17, 15) is 0 Å². The molecule has 0 aromatic rings. The monoisotopic (exact) mass is 240 g/mol. The first-order valence-electron chi connectivity index (χ1n) is 7.32. The van der Waals surface area contributed by atoms with Crippen molar-refractivity contribution in [3.05, 3.63) is 0 Å². The molecule has 2 atom stereocenters. The van der Waals surface area contributed by atoms with Gasteiger partial charge in [-0.2, -0.15) is 0 Å². The third kappa shape index (κ3) is 4.23. The zero-order chi connectivity index (χ0) is 12.1. The van der Waals surface area contributed by atoms with Crippen LogP contribution in [0.15, 0.2) is 0 Å². The van der Waals surface area contributed by atoms with Gasteiger partial charge in [0.15, 0.2) is 0 Å². The highest BCUT2D eigenvalue weighted by molar-refractivity contribution is 4.76. The molecule has 0 aromatic carbocycles. The van der Waals surface area contributed by atoms with Crippen LogP contribution in [-0.2, 0) is 4.74 Å². The molecule has 1 N–H and O–H groups in total. The van der Waals surface area contributed by atoms with Crippen LogP contribution in [0.25, 0.3) is 0 Å². The third-order valence-electron chi connectivity index (χ3n) is 4.22. The third-order valence-corrected chi connectivity index (χ3v) is 4.22. The second-order valence-corrected chi connectivity index (χ2v) is 5.84. The summed E-state index contributed by atoms with van der Waals surface area (Å²) in [6, 6.07) is 0.583. The summed E-state index contributed by atoms with van der Waals surface area (Å²) < 4.78 is 5.65. The molecule has 0 bridgehead atoms. The van der Waals surface area contributed by atoms with Gasteiger partial charge in [0.2, 0.25) is 0 Å². The van der Waals surface area contributed by atoms with Crippen LogP contribution in [0.2, 0.25) is 0 Å². The molecule has 1 saturated carbocycles. The minimum atomic E-state index is 0.404. The summed E-state index contributed by atoms with van der Waals surface area (Å²) in [4.78, 5) is 2.55. The highest BCUT2D eigenvalue weighted by atomic mass is 16.5. The van der Waals surface area contributed by atoms with Crippen molar-refractivity contribution < 1.29 is 4.74 Å². The van der Waals surface area contributed by atoms with Crippen LogP contribution in [0.3, 0.4) is 0 Å². The first-order valence-corrected chi connectivity index (χ1v) is 7.32. The Morgan fingerprint density at radius 2 is 2.00 bits per heavy atom. The molecule has 3 heteroatoms. The Labute approximate surface area is 106 Å². The molecule has 1 heterocycles. The Morgan fingerprint density at radius 1 is 1.24 bits per heavy atom. The second kappa shape index (κ2) is 6.72. The molecule has 1 aliphatic carbocycles. The molecule has 0 aromatic heterocycles. The van der Waals surface area contributed by atoms with Gasteiger partial charge in [0.25, 0.3) is 0 Å². The van der Waals surface area contributed by atoms with Gasteiger partial charge >= 0.3 is 0 Å². The highest BCUT2D eigenvalue weighted by Crippen LogP contribution is 2.23. The van der Waals surface area contributed by atoms with E-state index in [-0.39, 0.29) is 0 Å². The van der Waals surface area contributed by atoms with E-state index >= 15 is 0 Å². The van der Waals surface area contributed by atoms with Crippen LogP contribution in [0.1, 0.15) is 39.5 Å². The lowest BCUT2D eigenvalue weighted by Crippen LogP contribution is -2.49. The fourth-order valence-electron chi connectivity index (χ4n) is 3.03. The molecule has 17 heavy (non-hydrogen) atoms. The van der Waals surface area contributed by atoms with Gasteiger partial charge in [-0.1, -0.05) is 12.8 Å². The van der Waals surface area contributed by atoms with E-state index in [1.54, 1.807) is 0 Å². The average Bonchev–Trinajstić information content (AvgIpc) is 2.82. The van der Waals surface area contributed by atoms with Gasteiger partial charge in [-0.15, -0.1) is 0 Å². The van der Waals surface area contributed by atoms with Gasteiger partial charge in [-0.25, -0.2) is 0 Å². The quantitative estimate of drug-likeness (QED) is 0.743. The predicted molar refractivity (Wildman–Crippen MR) is 71.3 cm³/mol. The summed E-state index contributed by atoms with van der Waals surface area (Å²) >= 11 is 0. The molecule has 100 valence electrons. The van der Waals surface area contributed by atoms with Crippen LogP contribution in [0, 0.1) is 5.92 Å². The number of hydrogen-bond acceptors (Lipinski definition) is 3. The van der Waals surface area contributed by atoms with Crippen LogP contribution < -0.4 is 5.32 Å². The first-order chi connectivity index (χ1) is 8.25. The SMILES string of the molecule is CC1CN(CCNCC2CCCC2)C(C)CO1. The molecule has 1 saturated heterocycles. The Bertz CT molecular complexity index is 216. The summed E-state index contributed by atoms with van der Waals surface area (Å²) in [7, 11) is 0. The molecule has 2 fully saturated rings. The fourth-order valence-corrected chi connectivity index (χ4v) is 3.03. The number of nitrogens with zero attached hydrogens (tertiary/aromatic N) is 1. The van der Waals surface area contributed by atoms with Crippen molar-refractivity contribution in [2.75, 3.05) is 32.8 Å². The zero-order valence-electron chi connectivity index (χ0n) is 11.5. The summed E-state index contributed by atoms with van der Waals surface area (Å²) in [6.45, 7) is 9.95. The van der Waals surface area contributed by atoms with E-state index < -0.39 is 0 Å². The van der Waals surface area contributed by atoms with E-state index in [4.69, 9.17) is 4.74 Å². The van der Waals surface area contributed by atoms with Crippen LogP contribution >= 0.6 is 0 Å². The van der Waals surface area contributed by atoms with E-state index in [0.29, 0.717) is 12.1 Å². The van der Waals surface area contributed by atoms with E-state index in [1.807, 2.05) is 0 Å². The minimum absolute atomic E-state index is 0.404. The molecular formula is C14H28N2O. The van der Waals surface area contributed by atoms with E-state index in [1.165, 1.54) is 38.8 Å². The number of ether oxygens (including phenoxy) is 1. The minimum Gasteiger partial charge on any atom is -0.376 e. The normalized spacial score (nSPS) is 32.1. The largest absolute Gasteiger partial charge is 0.376 e. The van der Waals surface area contributed by atoms with Gasteiger partial charge in [0.1, 0.15) is 0 Å². The molecule has 2 aliphatic rings. The number of rotatable bonds is 5.